The van der Waals surface area contributed by atoms with E-state index in [1.165, 1.54) is 0 Å². The molecule has 11 nitrogen and oxygen atoms in total. The second kappa shape index (κ2) is 9.94. The molecule has 0 spiro atoms. The van der Waals surface area contributed by atoms with E-state index in [0.29, 0.717) is 0 Å². The molecule has 2 aliphatic heterocycles. The maximum Gasteiger partial charge on any atom is 0.187 e. The summed E-state index contributed by atoms with van der Waals surface area (Å²) < 4.78 is 15.3. The molecule has 2 fully saturated rings. The van der Waals surface area contributed by atoms with E-state index in [4.69, 9.17) is 19.3 Å². The molecule has 10 atom stereocenters. The third-order valence-electron chi connectivity index (χ3n) is 3.98. The summed E-state index contributed by atoms with van der Waals surface area (Å²) in [7, 11) is 0. The van der Waals surface area contributed by atoms with Crippen molar-refractivity contribution < 1.29 is 55.1 Å². The fraction of sp³-hybridized carbons (Fsp3) is 1.00. The van der Waals surface area contributed by atoms with Crippen molar-refractivity contribution in [3.05, 3.63) is 0 Å². The van der Waals surface area contributed by atoms with Crippen LogP contribution in [0.1, 0.15) is 0 Å². The first-order chi connectivity index (χ1) is 10.8. The van der Waals surface area contributed by atoms with Crippen LogP contribution in [0.25, 0.3) is 0 Å². The Morgan fingerprint density at radius 3 is 1.79 bits per heavy atom. The summed E-state index contributed by atoms with van der Waals surface area (Å²) in [5.74, 6) is 0. The van der Waals surface area contributed by atoms with E-state index in [0.717, 1.165) is 0 Å². The molecule has 2 saturated heterocycles. The van der Waals surface area contributed by atoms with Crippen molar-refractivity contribution >= 4 is 51.4 Å². The fourth-order valence-corrected chi connectivity index (χ4v) is 2.57. The topological polar surface area (TPSA) is 190 Å². The summed E-state index contributed by atoms with van der Waals surface area (Å²) in [6.07, 6.45) is -15.6. The van der Waals surface area contributed by atoms with Gasteiger partial charge in [0.15, 0.2) is 12.6 Å². The van der Waals surface area contributed by atoms with Gasteiger partial charge in [-0.25, -0.2) is 0 Å². The van der Waals surface area contributed by atoms with Gasteiger partial charge in [0.2, 0.25) is 0 Å². The normalized spacial score (nSPS) is 49.5. The van der Waals surface area contributed by atoms with Crippen LogP contribution in [-0.2, 0) is 14.2 Å². The number of hydrogen-bond donors (Lipinski definition) is 8. The molecule has 12 heteroatoms. The molecule has 8 N–H and O–H groups in total. The largest absolute Gasteiger partial charge is 0.394 e. The SMILES string of the molecule is OC[C@H]1O[C@@H](O[C@H]2[C@H](O)[C@@H](O)C(O)O[C@@H]2CO)[C@H](O)[C@@H](O)[C@H]1O.[K]. The summed E-state index contributed by atoms with van der Waals surface area (Å²) in [6.45, 7) is -1.35. The van der Waals surface area contributed by atoms with Gasteiger partial charge < -0.3 is 55.1 Å². The fourth-order valence-electron chi connectivity index (χ4n) is 2.57. The Hall–Kier alpha value is 1.20. The van der Waals surface area contributed by atoms with E-state index in [1.54, 1.807) is 0 Å². The van der Waals surface area contributed by atoms with Crippen LogP contribution in [-0.4, -0.2) is 167 Å². The maximum atomic E-state index is 9.94. The Bertz CT molecular complexity index is 384. The van der Waals surface area contributed by atoms with E-state index in [1.807, 2.05) is 0 Å². The zero-order valence-corrected chi connectivity index (χ0v) is 16.1. The number of ether oxygens (including phenoxy) is 3. The van der Waals surface area contributed by atoms with Gasteiger partial charge in [0.25, 0.3) is 0 Å². The van der Waals surface area contributed by atoms with Crippen LogP contribution in [0.15, 0.2) is 0 Å². The van der Waals surface area contributed by atoms with Crippen molar-refractivity contribution in [2.45, 2.75) is 61.4 Å². The zero-order chi connectivity index (χ0) is 17.3. The zero-order valence-electron chi connectivity index (χ0n) is 13.0. The summed E-state index contributed by atoms with van der Waals surface area (Å²) >= 11 is 0. The molecule has 0 amide bonds. The average Bonchev–Trinajstić information content (AvgIpc) is 2.55. The number of hydrogen-bond acceptors (Lipinski definition) is 11. The second-order valence-corrected chi connectivity index (χ2v) is 5.53. The predicted molar refractivity (Wildman–Crippen MR) is 74.4 cm³/mol. The quantitative estimate of drug-likeness (QED) is 0.217. The molecule has 2 aliphatic rings. The first-order valence-electron chi connectivity index (χ1n) is 7.08. The molecule has 1 unspecified atom stereocenters. The Morgan fingerprint density at radius 2 is 1.25 bits per heavy atom. The van der Waals surface area contributed by atoms with Gasteiger partial charge in [-0.1, -0.05) is 0 Å². The third kappa shape index (κ3) is 4.72. The van der Waals surface area contributed by atoms with E-state index < -0.39 is 74.6 Å². The van der Waals surface area contributed by atoms with Gasteiger partial charge in [-0.3, -0.25) is 0 Å². The van der Waals surface area contributed by atoms with Gasteiger partial charge in [0, 0.05) is 51.4 Å². The van der Waals surface area contributed by atoms with Crippen LogP contribution in [0, 0.1) is 0 Å². The van der Waals surface area contributed by atoms with Crippen molar-refractivity contribution in [1.29, 1.82) is 0 Å². The van der Waals surface area contributed by atoms with Crippen LogP contribution in [0.4, 0.5) is 0 Å². The molecule has 0 aromatic carbocycles. The van der Waals surface area contributed by atoms with Crippen LogP contribution in [0.3, 0.4) is 0 Å². The summed E-state index contributed by atoms with van der Waals surface area (Å²) in [5, 5.41) is 76.5. The minimum Gasteiger partial charge on any atom is -0.394 e. The smallest absolute Gasteiger partial charge is 0.187 e. The van der Waals surface area contributed by atoms with E-state index in [2.05, 4.69) is 0 Å². The first-order valence-corrected chi connectivity index (χ1v) is 7.08. The van der Waals surface area contributed by atoms with Gasteiger partial charge in [0.05, 0.1) is 13.2 Å². The monoisotopic (exact) mass is 381 g/mol. The average molecular weight is 381 g/mol. The Balaban J connectivity index is 0.00000288. The summed E-state index contributed by atoms with van der Waals surface area (Å²) in [4.78, 5) is 0. The Morgan fingerprint density at radius 1 is 0.667 bits per heavy atom. The van der Waals surface area contributed by atoms with Gasteiger partial charge in [-0.2, -0.15) is 0 Å². The third-order valence-corrected chi connectivity index (χ3v) is 3.98. The number of aliphatic hydroxyl groups is 8. The van der Waals surface area contributed by atoms with Crippen molar-refractivity contribution in [2.24, 2.45) is 0 Å². The van der Waals surface area contributed by atoms with E-state index in [-0.39, 0.29) is 51.4 Å². The Labute approximate surface area is 179 Å². The second-order valence-electron chi connectivity index (χ2n) is 5.53. The molecule has 2 rings (SSSR count). The van der Waals surface area contributed by atoms with Crippen LogP contribution in [0.2, 0.25) is 0 Å². The van der Waals surface area contributed by atoms with Crippen molar-refractivity contribution in [2.75, 3.05) is 13.2 Å². The molecule has 1 radical (unpaired) electrons. The Kier molecular flexibility index (Phi) is 9.62. The minimum absolute atomic E-state index is 0. The molecule has 0 aromatic rings. The molecule has 0 aliphatic carbocycles. The number of aliphatic hydroxyl groups excluding tert-OH is 8. The van der Waals surface area contributed by atoms with Gasteiger partial charge >= 0.3 is 0 Å². The van der Waals surface area contributed by atoms with Crippen LogP contribution >= 0.6 is 0 Å². The summed E-state index contributed by atoms with van der Waals surface area (Å²) in [6, 6.07) is 0. The van der Waals surface area contributed by atoms with Gasteiger partial charge in [-0.05, 0) is 0 Å². The molecule has 0 aromatic heterocycles. The van der Waals surface area contributed by atoms with Gasteiger partial charge in [-0.15, -0.1) is 0 Å². The molecule has 2 heterocycles. The minimum atomic E-state index is -1.74. The molecule has 0 saturated carbocycles. The maximum absolute atomic E-state index is 9.94. The number of rotatable bonds is 4. The molecule has 24 heavy (non-hydrogen) atoms. The molecule has 0 bridgehead atoms. The van der Waals surface area contributed by atoms with Crippen molar-refractivity contribution in [3.8, 4) is 0 Å². The predicted octanol–water partition coefficient (Wildman–Crippen LogP) is -5.78. The van der Waals surface area contributed by atoms with Crippen molar-refractivity contribution in [3.63, 3.8) is 0 Å². The van der Waals surface area contributed by atoms with Crippen LogP contribution < -0.4 is 0 Å². The van der Waals surface area contributed by atoms with Gasteiger partial charge in [0.1, 0.15) is 48.8 Å². The first kappa shape index (κ1) is 23.2. The van der Waals surface area contributed by atoms with Crippen LogP contribution in [0.5, 0.6) is 0 Å². The van der Waals surface area contributed by atoms with E-state index in [9.17, 15) is 35.7 Å². The molecule has 137 valence electrons. The summed E-state index contributed by atoms with van der Waals surface area (Å²) in [5.41, 5.74) is 0. The standard InChI is InChI=1S/C12H22O11.K/c13-1-3-5(15)6(16)9(19)12(22-3)23-10-4(2-14)21-11(20)8(18)7(10)17;/h3-20H,1-2H2;/t3-,4-,5+,6+,7-,8-,9-,10-,11?,12+;/m1./s1. The van der Waals surface area contributed by atoms with E-state index >= 15 is 0 Å². The molecular weight excluding hydrogens is 359 g/mol. The van der Waals surface area contributed by atoms with Crippen molar-refractivity contribution in [1.82, 2.24) is 0 Å². The molecular formula is C12H22KO11.